The Morgan fingerprint density at radius 1 is 1.15 bits per heavy atom. The van der Waals surface area contributed by atoms with E-state index >= 15 is 0 Å². The molecule has 1 aliphatic heterocycles. The molecule has 2 aromatic rings. The summed E-state index contributed by atoms with van der Waals surface area (Å²) in [5, 5.41) is 0. The third kappa shape index (κ3) is 4.68. The van der Waals surface area contributed by atoms with Gasteiger partial charge in [-0.1, -0.05) is 12.1 Å². The van der Waals surface area contributed by atoms with Crippen LogP contribution in [0.1, 0.15) is 12.5 Å². The van der Waals surface area contributed by atoms with Crippen LogP contribution in [-0.4, -0.2) is 58.5 Å². The molecule has 27 heavy (non-hydrogen) atoms. The average Bonchev–Trinajstić information content (AvgIpc) is 3.22. The smallest absolute Gasteiger partial charge is 0.410 e. The molecule has 0 saturated carbocycles. The highest BCUT2D eigenvalue weighted by Gasteiger charge is 2.23. The molecule has 8 nitrogen and oxygen atoms in total. The van der Waals surface area contributed by atoms with E-state index in [9.17, 15) is 14.4 Å². The van der Waals surface area contributed by atoms with Gasteiger partial charge in [-0.25, -0.2) is 14.3 Å². The van der Waals surface area contributed by atoms with Gasteiger partial charge in [-0.3, -0.25) is 9.59 Å². The van der Waals surface area contributed by atoms with Crippen molar-refractivity contribution in [2.45, 2.75) is 6.92 Å². The number of benzene rings is 1. The van der Waals surface area contributed by atoms with Gasteiger partial charge in [0.15, 0.2) is 5.78 Å². The van der Waals surface area contributed by atoms with E-state index in [0.717, 1.165) is 0 Å². The molecule has 0 aliphatic carbocycles. The van der Waals surface area contributed by atoms with E-state index in [0.29, 0.717) is 37.6 Å². The SMILES string of the molecule is CC(=O)/C(=C\c1ccc(OC(=O)n2ccnc2)cc1)C(=O)N1CCOCC1. The third-order valence-electron chi connectivity index (χ3n) is 4.02. The van der Waals surface area contributed by atoms with Gasteiger partial charge >= 0.3 is 6.09 Å². The van der Waals surface area contributed by atoms with Crippen LogP contribution in [0.5, 0.6) is 5.75 Å². The van der Waals surface area contributed by atoms with E-state index < -0.39 is 6.09 Å². The summed E-state index contributed by atoms with van der Waals surface area (Å²) in [7, 11) is 0. The van der Waals surface area contributed by atoms with Crippen molar-refractivity contribution in [1.29, 1.82) is 0 Å². The van der Waals surface area contributed by atoms with Crippen LogP contribution in [0.15, 0.2) is 48.6 Å². The molecule has 1 aliphatic rings. The molecule has 0 spiro atoms. The van der Waals surface area contributed by atoms with Crippen LogP contribution >= 0.6 is 0 Å². The summed E-state index contributed by atoms with van der Waals surface area (Å²) in [5.74, 6) is -0.266. The van der Waals surface area contributed by atoms with Crippen molar-refractivity contribution in [3.05, 3.63) is 54.1 Å². The van der Waals surface area contributed by atoms with Crippen LogP contribution in [0.3, 0.4) is 0 Å². The highest BCUT2D eigenvalue weighted by atomic mass is 16.6. The minimum Gasteiger partial charge on any atom is -0.410 e. The number of aromatic nitrogens is 2. The van der Waals surface area contributed by atoms with E-state index in [2.05, 4.69) is 4.98 Å². The molecule has 1 aromatic heterocycles. The third-order valence-corrected chi connectivity index (χ3v) is 4.02. The predicted octanol–water partition coefficient (Wildman–Crippen LogP) is 1.76. The van der Waals surface area contributed by atoms with E-state index in [1.54, 1.807) is 35.2 Å². The molecule has 3 rings (SSSR count). The quantitative estimate of drug-likeness (QED) is 0.463. The number of imidazole rings is 1. The van der Waals surface area contributed by atoms with Crippen molar-refractivity contribution in [3.8, 4) is 5.75 Å². The summed E-state index contributed by atoms with van der Waals surface area (Å²) in [6.45, 7) is 3.23. The van der Waals surface area contributed by atoms with Gasteiger partial charge in [0.05, 0.1) is 18.8 Å². The van der Waals surface area contributed by atoms with Crippen LogP contribution in [-0.2, 0) is 14.3 Å². The maximum Gasteiger partial charge on any atom is 0.424 e. The zero-order valence-electron chi connectivity index (χ0n) is 14.8. The fourth-order valence-electron chi connectivity index (χ4n) is 2.57. The zero-order chi connectivity index (χ0) is 19.2. The first-order chi connectivity index (χ1) is 13.0. The number of rotatable bonds is 4. The number of amides is 1. The molecule has 2 heterocycles. The fourth-order valence-corrected chi connectivity index (χ4v) is 2.57. The van der Waals surface area contributed by atoms with E-state index in [4.69, 9.17) is 9.47 Å². The summed E-state index contributed by atoms with van der Waals surface area (Å²) in [4.78, 5) is 41.8. The second-order valence-electron chi connectivity index (χ2n) is 5.93. The Bertz CT molecular complexity index is 850. The van der Waals surface area contributed by atoms with Gasteiger partial charge < -0.3 is 14.4 Å². The first-order valence-electron chi connectivity index (χ1n) is 8.44. The number of carbonyl (C=O) groups excluding carboxylic acids is 3. The highest BCUT2D eigenvalue weighted by Crippen LogP contribution is 2.17. The number of hydrogen-bond acceptors (Lipinski definition) is 6. The van der Waals surface area contributed by atoms with Crippen molar-refractivity contribution in [2.24, 2.45) is 0 Å². The lowest BCUT2D eigenvalue weighted by Crippen LogP contribution is -2.42. The van der Waals surface area contributed by atoms with Crippen molar-refractivity contribution in [2.75, 3.05) is 26.3 Å². The van der Waals surface area contributed by atoms with Gasteiger partial charge in [-0.2, -0.15) is 0 Å². The van der Waals surface area contributed by atoms with E-state index in [1.165, 1.54) is 30.2 Å². The molecule has 0 atom stereocenters. The van der Waals surface area contributed by atoms with Gasteiger partial charge in [-0.05, 0) is 30.7 Å². The maximum absolute atomic E-state index is 12.6. The number of Topliss-reactive ketones (excluding diaryl/α,β-unsaturated/α-hetero) is 1. The van der Waals surface area contributed by atoms with Crippen LogP contribution in [0, 0.1) is 0 Å². The fraction of sp³-hybridized carbons (Fsp3) is 0.263. The lowest BCUT2D eigenvalue weighted by Gasteiger charge is -2.27. The molecule has 1 aromatic carbocycles. The van der Waals surface area contributed by atoms with Crippen LogP contribution in [0.2, 0.25) is 0 Å². The molecular weight excluding hydrogens is 350 g/mol. The first kappa shape index (κ1) is 18.5. The summed E-state index contributed by atoms with van der Waals surface area (Å²) in [6.07, 6.45) is 5.26. The van der Waals surface area contributed by atoms with Crippen LogP contribution in [0.25, 0.3) is 6.08 Å². The Morgan fingerprint density at radius 3 is 2.44 bits per heavy atom. The average molecular weight is 369 g/mol. The zero-order valence-corrected chi connectivity index (χ0v) is 14.8. The molecule has 1 amide bonds. The van der Waals surface area contributed by atoms with Crippen molar-refractivity contribution in [1.82, 2.24) is 14.5 Å². The summed E-state index contributed by atoms with van der Waals surface area (Å²) >= 11 is 0. The summed E-state index contributed by atoms with van der Waals surface area (Å²) in [6, 6.07) is 6.54. The topological polar surface area (TPSA) is 90.7 Å². The monoisotopic (exact) mass is 369 g/mol. The minimum absolute atomic E-state index is 0.111. The largest absolute Gasteiger partial charge is 0.424 e. The number of hydrogen-bond donors (Lipinski definition) is 0. The lowest BCUT2D eigenvalue weighted by molar-refractivity contribution is -0.132. The molecule has 1 saturated heterocycles. The van der Waals surface area contributed by atoms with Gasteiger partial charge in [0.2, 0.25) is 0 Å². The molecule has 140 valence electrons. The number of carbonyl (C=O) groups is 3. The van der Waals surface area contributed by atoms with Gasteiger partial charge in [0.25, 0.3) is 5.91 Å². The summed E-state index contributed by atoms with van der Waals surface area (Å²) in [5.41, 5.74) is 0.768. The summed E-state index contributed by atoms with van der Waals surface area (Å²) < 4.78 is 11.7. The van der Waals surface area contributed by atoms with Crippen molar-refractivity contribution < 1.29 is 23.9 Å². The molecule has 8 heteroatoms. The predicted molar refractivity (Wildman–Crippen MR) is 96.1 cm³/mol. The molecule has 1 fully saturated rings. The molecule has 0 radical (unpaired) electrons. The normalized spacial score (nSPS) is 14.7. The Hall–Kier alpha value is -3.26. The maximum atomic E-state index is 12.6. The van der Waals surface area contributed by atoms with Gasteiger partial charge in [0.1, 0.15) is 12.1 Å². The van der Waals surface area contributed by atoms with Crippen molar-refractivity contribution >= 4 is 23.9 Å². The Balaban J connectivity index is 1.72. The number of morpholine rings is 1. The second-order valence-corrected chi connectivity index (χ2v) is 5.93. The Labute approximate surface area is 156 Å². The molecule has 0 N–H and O–H groups in total. The second kappa shape index (κ2) is 8.41. The number of ether oxygens (including phenoxy) is 2. The first-order valence-corrected chi connectivity index (χ1v) is 8.44. The standard InChI is InChI=1S/C19H19N3O5/c1-14(23)17(18(24)21-8-10-26-11-9-21)12-15-2-4-16(5-3-15)27-19(25)22-7-6-20-13-22/h2-7,12-13H,8-11H2,1H3/b17-12+. The van der Waals surface area contributed by atoms with Gasteiger partial charge in [0, 0.05) is 25.5 Å². The lowest BCUT2D eigenvalue weighted by atomic mass is 10.1. The van der Waals surface area contributed by atoms with Gasteiger partial charge in [-0.15, -0.1) is 0 Å². The highest BCUT2D eigenvalue weighted by molar-refractivity contribution is 6.21. The van der Waals surface area contributed by atoms with E-state index in [-0.39, 0.29) is 17.3 Å². The number of nitrogens with zero attached hydrogens (tertiary/aromatic N) is 3. The number of ketones is 1. The molecular formula is C19H19N3O5. The van der Waals surface area contributed by atoms with Crippen molar-refractivity contribution in [3.63, 3.8) is 0 Å². The molecule has 0 unspecified atom stereocenters. The Morgan fingerprint density at radius 2 is 1.85 bits per heavy atom. The molecule has 0 bridgehead atoms. The minimum atomic E-state index is -0.581. The Kier molecular flexibility index (Phi) is 5.77. The van der Waals surface area contributed by atoms with E-state index in [1.807, 2.05) is 0 Å². The van der Waals surface area contributed by atoms with Crippen LogP contribution in [0.4, 0.5) is 4.79 Å². The van der Waals surface area contributed by atoms with Crippen LogP contribution < -0.4 is 4.74 Å².